The fourth-order valence-corrected chi connectivity index (χ4v) is 2.20. The third-order valence-corrected chi connectivity index (χ3v) is 4.80. The molecule has 0 saturated carbocycles. The molecule has 1 aromatic carbocycles. The Morgan fingerprint density at radius 3 is 2.61 bits per heavy atom. The molecule has 0 heterocycles. The normalized spacial score (nSPS) is 11.7. The summed E-state index contributed by atoms with van der Waals surface area (Å²) in [6.45, 7) is 9.37. The molecule has 0 fully saturated rings. The van der Waals surface area contributed by atoms with Crippen LogP contribution in [0.15, 0.2) is 22.7 Å². The Labute approximate surface area is 131 Å². The number of amides is 1. The van der Waals surface area contributed by atoms with Crippen molar-refractivity contribution in [3.8, 4) is 0 Å². The Morgan fingerprint density at radius 2 is 2.06 bits per heavy atom. The topological polar surface area (TPSA) is 29.1 Å². The van der Waals surface area contributed by atoms with E-state index < -0.39 is 0 Å². The molecule has 1 rings (SSSR count). The first-order valence-electron chi connectivity index (χ1n) is 5.97. The van der Waals surface area contributed by atoms with Crippen molar-refractivity contribution in [2.75, 3.05) is 6.54 Å². The van der Waals surface area contributed by atoms with Gasteiger partial charge in [0, 0.05) is 14.6 Å². The van der Waals surface area contributed by atoms with Gasteiger partial charge in [-0.05, 0) is 68.1 Å². The van der Waals surface area contributed by atoms with Gasteiger partial charge in [0.05, 0.1) is 5.56 Å². The number of carbonyl (C=O) groups is 1. The first-order valence-corrected chi connectivity index (χ1v) is 7.84. The summed E-state index contributed by atoms with van der Waals surface area (Å²) in [5, 5.41) is 3.02. The predicted octanol–water partition coefficient (Wildman–Crippen LogP) is 4.47. The quantitative estimate of drug-likeness (QED) is 0.711. The van der Waals surface area contributed by atoms with Crippen LogP contribution in [0, 0.1) is 14.9 Å². The average Bonchev–Trinajstić information content (AvgIpc) is 2.29. The summed E-state index contributed by atoms with van der Waals surface area (Å²) in [6, 6.07) is 5.77. The molecule has 0 bridgehead atoms. The van der Waals surface area contributed by atoms with E-state index in [4.69, 9.17) is 0 Å². The largest absolute Gasteiger partial charge is 0.351 e. The van der Waals surface area contributed by atoms with Crippen LogP contribution in [0.25, 0.3) is 0 Å². The van der Waals surface area contributed by atoms with E-state index in [9.17, 15) is 4.79 Å². The van der Waals surface area contributed by atoms with E-state index in [2.05, 4.69) is 71.5 Å². The van der Waals surface area contributed by atoms with Gasteiger partial charge in [-0.25, -0.2) is 0 Å². The molecular formula is C14H19BrINO. The minimum Gasteiger partial charge on any atom is -0.351 e. The molecule has 0 atom stereocenters. The first-order chi connectivity index (χ1) is 8.24. The van der Waals surface area contributed by atoms with Crippen LogP contribution in [0.5, 0.6) is 0 Å². The Kier molecular flexibility index (Phi) is 5.65. The standard InChI is InChI=1S/C14H19BrINO/c1-9(2)14(3,4)8-17-13(18)11-7-10(16)5-6-12(11)15/h5-7,9H,8H2,1-4H3,(H,17,18). The molecule has 0 radical (unpaired) electrons. The molecule has 1 amide bonds. The number of halogens is 2. The minimum atomic E-state index is -0.0193. The van der Waals surface area contributed by atoms with Crippen LogP contribution in [-0.4, -0.2) is 12.5 Å². The molecule has 100 valence electrons. The Morgan fingerprint density at radius 1 is 1.44 bits per heavy atom. The van der Waals surface area contributed by atoms with Crippen LogP contribution in [0.2, 0.25) is 0 Å². The predicted molar refractivity (Wildman–Crippen MR) is 87.8 cm³/mol. The van der Waals surface area contributed by atoms with E-state index in [0.717, 1.165) is 8.04 Å². The zero-order valence-corrected chi connectivity index (χ0v) is 14.9. The van der Waals surface area contributed by atoms with Gasteiger partial charge in [-0.2, -0.15) is 0 Å². The zero-order chi connectivity index (χ0) is 13.9. The van der Waals surface area contributed by atoms with Crippen molar-refractivity contribution >= 4 is 44.4 Å². The highest BCUT2D eigenvalue weighted by Crippen LogP contribution is 2.25. The summed E-state index contributed by atoms with van der Waals surface area (Å²) in [5.74, 6) is 0.506. The van der Waals surface area contributed by atoms with Crippen molar-refractivity contribution in [2.45, 2.75) is 27.7 Å². The van der Waals surface area contributed by atoms with Gasteiger partial charge < -0.3 is 5.32 Å². The summed E-state index contributed by atoms with van der Waals surface area (Å²) in [6.07, 6.45) is 0. The van der Waals surface area contributed by atoms with E-state index in [1.165, 1.54) is 0 Å². The third-order valence-electron chi connectivity index (χ3n) is 3.44. The molecule has 2 nitrogen and oxygen atoms in total. The molecule has 4 heteroatoms. The lowest BCUT2D eigenvalue weighted by Gasteiger charge is -2.29. The third kappa shape index (κ3) is 4.23. The Bertz CT molecular complexity index is 443. The molecule has 0 aliphatic rings. The van der Waals surface area contributed by atoms with Gasteiger partial charge in [0.1, 0.15) is 0 Å². The van der Waals surface area contributed by atoms with Crippen molar-refractivity contribution in [2.24, 2.45) is 11.3 Å². The van der Waals surface area contributed by atoms with Crippen molar-refractivity contribution in [1.29, 1.82) is 0 Å². The van der Waals surface area contributed by atoms with Crippen LogP contribution in [0.3, 0.4) is 0 Å². The summed E-state index contributed by atoms with van der Waals surface area (Å²) in [7, 11) is 0. The van der Waals surface area contributed by atoms with Gasteiger partial charge in [-0.3, -0.25) is 4.79 Å². The van der Waals surface area contributed by atoms with Crippen LogP contribution < -0.4 is 5.32 Å². The van der Waals surface area contributed by atoms with Crippen molar-refractivity contribution < 1.29 is 4.79 Å². The fraction of sp³-hybridized carbons (Fsp3) is 0.500. The van der Waals surface area contributed by atoms with Gasteiger partial charge in [0.15, 0.2) is 0 Å². The fourth-order valence-electron chi connectivity index (χ4n) is 1.28. The van der Waals surface area contributed by atoms with Gasteiger partial charge >= 0.3 is 0 Å². The molecule has 18 heavy (non-hydrogen) atoms. The van der Waals surface area contributed by atoms with Crippen molar-refractivity contribution in [3.05, 3.63) is 31.8 Å². The van der Waals surface area contributed by atoms with Crippen molar-refractivity contribution in [1.82, 2.24) is 5.32 Å². The lowest BCUT2D eigenvalue weighted by molar-refractivity contribution is 0.0924. The molecule has 0 saturated heterocycles. The van der Waals surface area contributed by atoms with E-state index in [1.54, 1.807) is 0 Å². The van der Waals surface area contributed by atoms with Crippen LogP contribution in [-0.2, 0) is 0 Å². The van der Waals surface area contributed by atoms with E-state index >= 15 is 0 Å². The van der Waals surface area contributed by atoms with E-state index in [-0.39, 0.29) is 11.3 Å². The molecule has 0 aromatic heterocycles. The van der Waals surface area contributed by atoms with Crippen molar-refractivity contribution in [3.63, 3.8) is 0 Å². The molecule has 0 unspecified atom stereocenters. The van der Waals surface area contributed by atoms with Crippen LogP contribution in [0.1, 0.15) is 38.1 Å². The highest BCUT2D eigenvalue weighted by molar-refractivity contribution is 14.1. The highest BCUT2D eigenvalue weighted by atomic mass is 127. The maximum Gasteiger partial charge on any atom is 0.252 e. The van der Waals surface area contributed by atoms with Gasteiger partial charge in [-0.15, -0.1) is 0 Å². The minimum absolute atomic E-state index is 0.0193. The average molecular weight is 424 g/mol. The summed E-state index contributed by atoms with van der Waals surface area (Å²) in [5.41, 5.74) is 0.797. The maximum absolute atomic E-state index is 12.1. The monoisotopic (exact) mass is 423 g/mol. The summed E-state index contributed by atoms with van der Waals surface area (Å²) in [4.78, 5) is 12.1. The van der Waals surface area contributed by atoms with Gasteiger partial charge in [0.25, 0.3) is 5.91 Å². The number of rotatable bonds is 4. The molecular weight excluding hydrogens is 405 g/mol. The summed E-state index contributed by atoms with van der Waals surface area (Å²) < 4.78 is 1.90. The Hall–Kier alpha value is -0.100. The Balaban J connectivity index is 2.75. The highest BCUT2D eigenvalue weighted by Gasteiger charge is 2.23. The second-order valence-electron chi connectivity index (χ2n) is 5.45. The number of hydrogen-bond donors (Lipinski definition) is 1. The van der Waals surface area contributed by atoms with Crippen LogP contribution >= 0.6 is 38.5 Å². The molecule has 0 aliphatic heterocycles. The SMILES string of the molecule is CC(C)C(C)(C)CNC(=O)c1cc(I)ccc1Br. The molecule has 1 N–H and O–H groups in total. The van der Waals surface area contributed by atoms with Gasteiger partial charge in [-0.1, -0.05) is 27.7 Å². The second kappa shape index (κ2) is 6.37. The van der Waals surface area contributed by atoms with E-state index in [1.807, 2.05) is 18.2 Å². The first kappa shape index (κ1) is 16.0. The number of carbonyl (C=O) groups excluding carboxylic acids is 1. The molecule has 0 spiro atoms. The zero-order valence-electron chi connectivity index (χ0n) is 11.2. The molecule has 1 aromatic rings. The lowest BCUT2D eigenvalue weighted by atomic mass is 9.81. The number of hydrogen-bond acceptors (Lipinski definition) is 1. The molecule has 0 aliphatic carbocycles. The van der Waals surface area contributed by atoms with Crippen LogP contribution in [0.4, 0.5) is 0 Å². The van der Waals surface area contributed by atoms with Gasteiger partial charge in [0.2, 0.25) is 0 Å². The lowest BCUT2D eigenvalue weighted by Crippen LogP contribution is -2.37. The van der Waals surface area contributed by atoms with E-state index in [0.29, 0.717) is 18.0 Å². The maximum atomic E-state index is 12.1. The smallest absolute Gasteiger partial charge is 0.252 e. The number of nitrogens with one attached hydrogen (secondary N) is 1. The number of benzene rings is 1. The second-order valence-corrected chi connectivity index (χ2v) is 7.55. The summed E-state index contributed by atoms with van der Waals surface area (Å²) >= 11 is 5.63.